The number of carbonyl (C=O) groups is 2. The lowest BCUT2D eigenvalue weighted by molar-refractivity contribution is -0.141. The van der Waals surface area contributed by atoms with Gasteiger partial charge in [0.1, 0.15) is 13.2 Å². The Balaban J connectivity index is 4.28. The van der Waals surface area contributed by atoms with Crippen LogP contribution in [0.3, 0.4) is 0 Å². The Morgan fingerprint density at radius 2 is 0.509 bits per heavy atom. The number of hydrogen-bond acceptors (Lipinski definition) is 6. The van der Waals surface area contributed by atoms with Crippen molar-refractivity contribution in [1.29, 1.82) is 0 Å². The van der Waals surface area contributed by atoms with Crippen LogP contribution >= 0.6 is 0 Å². The van der Waals surface area contributed by atoms with E-state index >= 15 is 0 Å². The average Bonchev–Trinajstić information content (AvgIpc) is 3.13. The van der Waals surface area contributed by atoms with E-state index in [1.54, 1.807) is 0 Å². The molecule has 0 heterocycles. The normalized spacial score (nSPS) is 11.6. The highest BCUT2D eigenvalue weighted by Gasteiger charge is 2.10. The van der Waals surface area contributed by atoms with Gasteiger partial charge in [0.25, 0.3) is 0 Å². The summed E-state index contributed by atoms with van der Waals surface area (Å²) in [4.78, 5) is 27.6. The first-order valence-electron chi connectivity index (χ1n) is 23.7. The summed E-state index contributed by atoms with van der Waals surface area (Å²) >= 11 is 0. The van der Waals surface area contributed by atoms with Crippen molar-refractivity contribution in [2.45, 2.75) is 240 Å². The van der Waals surface area contributed by atoms with Gasteiger partial charge in [-0.25, -0.2) is 0 Å². The zero-order chi connectivity index (χ0) is 38.7. The molecule has 0 aliphatic rings. The van der Waals surface area contributed by atoms with Gasteiger partial charge in [-0.05, 0) is 45.4 Å². The zero-order valence-corrected chi connectivity index (χ0v) is 36.5. The summed E-state index contributed by atoms with van der Waals surface area (Å²) in [5.41, 5.74) is 0. The second kappa shape index (κ2) is 43.6. The number of unbranched alkanes of at least 4 members (excludes halogenated alkanes) is 30. The van der Waals surface area contributed by atoms with Gasteiger partial charge >= 0.3 is 11.9 Å². The van der Waals surface area contributed by atoms with Crippen LogP contribution in [0.2, 0.25) is 0 Å². The molecule has 0 radical (unpaired) electrons. The molecule has 0 aliphatic heterocycles. The van der Waals surface area contributed by atoms with Crippen LogP contribution in [0.25, 0.3) is 0 Å². The maximum atomic E-state index is 11.3. The lowest BCUT2D eigenvalue weighted by atomic mass is 10.0. The summed E-state index contributed by atoms with van der Waals surface area (Å²) in [5.74, 6) is -0.484. The first kappa shape index (κ1) is 51.9. The van der Waals surface area contributed by atoms with Crippen molar-refractivity contribution in [1.82, 2.24) is 9.80 Å². The van der Waals surface area contributed by atoms with Crippen molar-refractivity contribution >= 4 is 11.9 Å². The molecule has 6 nitrogen and oxygen atoms in total. The second-order valence-electron chi connectivity index (χ2n) is 16.3. The molecule has 0 atom stereocenters. The van der Waals surface area contributed by atoms with E-state index in [2.05, 4.69) is 23.6 Å². The van der Waals surface area contributed by atoms with E-state index in [1.807, 2.05) is 0 Å². The van der Waals surface area contributed by atoms with Crippen molar-refractivity contribution in [2.24, 2.45) is 0 Å². The van der Waals surface area contributed by atoms with Crippen molar-refractivity contribution in [3.8, 4) is 0 Å². The van der Waals surface area contributed by atoms with Crippen LogP contribution in [0.15, 0.2) is 0 Å². The average molecular weight is 751 g/mol. The largest absolute Gasteiger partial charge is 0.465 e. The molecule has 0 aromatic rings. The number of carbonyl (C=O) groups excluding carboxylic acids is 2. The fraction of sp³-hybridized carbons (Fsp3) is 0.957. The Morgan fingerprint density at radius 3 is 0.755 bits per heavy atom. The van der Waals surface area contributed by atoms with Crippen molar-refractivity contribution in [2.75, 3.05) is 52.5 Å². The Morgan fingerprint density at radius 1 is 0.302 bits per heavy atom. The fourth-order valence-corrected chi connectivity index (χ4v) is 7.59. The molecular weight excluding hydrogens is 657 g/mol. The van der Waals surface area contributed by atoms with Crippen molar-refractivity contribution < 1.29 is 19.1 Å². The van der Waals surface area contributed by atoms with Gasteiger partial charge < -0.3 is 14.4 Å². The standard InChI is InChI=1S/C47H94N2O4/c1-5-7-9-11-13-15-17-19-21-23-25-27-29-31-33-35-38-48(40-37-41-49(42-44-52-46(3)50)43-45-53-47(4)51)39-36-34-32-30-28-26-24-22-20-18-16-14-12-10-8-6-2/h5-45H2,1-4H3. The van der Waals surface area contributed by atoms with E-state index in [1.165, 1.54) is 232 Å². The van der Waals surface area contributed by atoms with E-state index in [4.69, 9.17) is 9.47 Å². The molecular formula is C47H94N2O4. The van der Waals surface area contributed by atoms with Gasteiger partial charge in [-0.2, -0.15) is 0 Å². The SMILES string of the molecule is CCCCCCCCCCCCCCCCCCN(CCCCCCCCCCCCCCCCCC)CCCN(CCOC(C)=O)CCOC(C)=O. The van der Waals surface area contributed by atoms with Crippen molar-refractivity contribution in [3.63, 3.8) is 0 Å². The molecule has 6 heteroatoms. The second-order valence-corrected chi connectivity index (χ2v) is 16.3. The molecule has 0 saturated carbocycles. The van der Waals surface area contributed by atoms with Crippen LogP contribution < -0.4 is 0 Å². The molecule has 0 unspecified atom stereocenters. The third-order valence-electron chi connectivity index (χ3n) is 11.0. The van der Waals surface area contributed by atoms with Gasteiger partial charge in [-0.15, -0.1) is 0 Å². The van der Waals surface area contributed by atoms with Crippen LogP contribution in [-0.2, 0) is 19.1 Å². The van der Waals surface area contributed by atoms with E-state index in [9.17, 15) is 9.59 Å². The van der Waals surface area contributed by atoms with Gasteiger partial charge in [-0.3, -0.25) is 14.5 Å². The van der Waals surface area contributed by atoms with Crippen LogP contribution in [0.1, 0.15) is 240 Å². The number of hydrogen-bond donors (Lipinski definition) is 0. The van der Waals surface area contributed by atoms with Gasteiger partial charge in [0.2, 0.25) is 0 Å². The van der Waals surface area contributed by atoms with Crippen LogP contribution in [0, 0.1) is 0 Å². The summed E-state index contributed by atoms with van der Waals surface area (Å²) in [5, 5.41) is 0. The molecule has 0 N–H and O–H groups in total. The molecule has 0 aromatic heterocycles. The Kier molecular flexibility index (Phi) is 42.6. The van der Waals surface area contributed by atoms with Gasteiger partial charge in [0.05, 0.1) is 0 Å². The summed E-state index contributed by atoms with van der Waals surface area (Å²) in [6, 6.07) is 0. The summed E-state index contributed by atoms with van der Waals surface area (Å²) in [6.07, 6.45) is 46.2. The number of esters is 2. The van der Waals surface area contributed by atoms with Crippen molar-refractivity contribution in [3.05, 3.63) is 0 Å². The minimum Gasteiger partial charge on any atom is -0.465 e. The zero-order valence-electron chi connectivity index (χ0n) is 36.5. The number of rotatable bonds is 44. The predicted molar refractivity (Wildman–Crippen MR) is 230 cm³/mol. The summed E-state index contributed by atoms with van der Waals surface area (Å²) in [7, 11) is 0. The molecule has 316 valence electrons. The van der Waals surface area contributed by atoms with Crippen LogP contribution in [0.4, 0.5) is 0 Å². The molecule has 0 aromatic carbocycles. The van der Waals surface area contributed by atoms with Gasteiger partial charge in [-0.1, -0.05) is 206 Å². The highest BCUT2D eigenvalue weighted by Crippen LogP contribution is 2.16. The monoisotopic (exact) mass is 751 g/mol. The highest BCUT2D eigenvalue weighted by atomic mass is 16.5. The lowest BCUT2D eigenvalue weighted by Gasteiger charge is -2.26. The first-order chi connectivity index (χ1) is 26.0. The number of ether oxygens (including phenoxy) is 2. The van der Waals surface area contributed by atoms with Crippen LogP contribution in [-0.4, -0.2) is 74.2 Å². The molecule has 0 aliphatic carbocycles. The molecule has 53 heavy (non-hydrogen) atoms. The van der Waals surface area contributed by atoms with Gasteiger partial charge in [0, 0.05) is 26.9 Å². The molecule has 0 amide bonds. The van der Waals surface area contributed by atoms with E-state index in [0.717, 1.165) is 19.5 Å². The van der Waals surface area contributed by atoms with Crippen LogP contribution in [0.5, 0.6) is 0 Å². The van der Waals surface area contributed by atoms with E-state index in [0.29, 0.717) is 26.3 Å². The maximum Gasteiger partial charge on any atom is 0.302 e. The lowest BCUT2D eigenvalue weighted by Crippen LogP contribution is -2.35. The van der Waals surface area contributed by atoms with E-state index in [-0.39, 0.29) is 11.9 Å². The third kappa shape index (κ3) is 43.5. The molecule has 0 rings (SSSR count). The quantitative estimate of drug-likeness (QED) is 0.0456. The molecule has 0 spiro atoms. The minimum absolute atomic E-state index is 0.242. The Hall–Kier alpha value is -1.14. The van der Waals surface area contributed by atoms with E-state index < -0.39 is 0 Å². The fourth-order valence-electron chi connectivity index (χ4n) is 7.59. The highest BCUT2D eigenvalue weighted by molar-refractivity contribution is 5.66. The summed E-state index contributed by atoms with van der Waals surface area (Å²) in [6.45, 7) is 14.1. The predicted octanol–water partition coefficient (Wildman–Crippen LogP) is 13.6. The Labute approximate surface area is 332 Å². The Bertz CT molecular complexity index is 692. The van der Waals surface area contributed by atoms with Gasteiger partial charge in [0.15, 0.2) is 0 Å². The third-order valence-corrected chi connectivity index (χ3v) is 11.0. The topological polar surface area (TPSA) is 59.1 Å². The molecule has 0 fully saturated rings. The minimum atomic E-state index is -0.242. The molecule has 0 saturated heterocycles. The summed E-state index contributed by atoms with van der Waals surface area (Å²) < 4.78 is 10.4. The number of nitrogens with zero attached hydrogens (tertiary/aromatic N) is 2. The first-order valence-corrected chi connectivity index (χ1v) is 23.7. The molecule has 0 bridgehead atoms. The smallest absolute Gasteiger partial charge is 0.302 e. The maximum absolute atomic E-state index is 11.3.